The lowest BCUT2D eigenvalue weighted by molar-refractivity contribution is -0.384. The van der Waals surface area contributed by atoms with E-state index in [1.165, 1.54) is 43.5 Å². The van der Waals surface area contributed by atoms with Crippen molar-refractivity contribution in [3.63, 3.8) is 0 Å². The number of esters is 1. The van der Waals surface area contributed by atoms with Crippen molar-refractivity contribution in [3.05, 3.63) is 63.2 Å². The first-order chi connectivity index (χ1) is 15.0. The van der Waals surface area contributed by atoms with Gasteiger partial charge in [0.2, 0.25) is 5.76 Å². The molecule has 11 heteroatoms. The molecule has 0 bridgehead atoms. The maximum atomic E-state index is 12.8. The van der Waals surface area contributed by atoms with Gasteiger partial charge in [-0.15, -0.1) is 0 Å². The van der Waals surface area contributed by atoms with Crippen molar-refractivity contribution >= 4 is 29.7 Å². The van der Waals surface area contributed by atoms with Gasteiger partial charge in [-0.2, -0.15) is 0 Å². The Morgan fingerprint density at radius 3 is 2.59 bits per heavy atom. The Bertz CT molecular complexity index is 1130. The monoisotopic (exact) mass is 443 g/mol. The molecule has 0 radical (unpaired) electrons. The number of non-ortho nitro benzene ring substituents is 1. The van der Waals surface area contributed by atoms with Crippen molar-refractivity contribution in [2.75, 3.05) is 7.11 Å². The highest BCUT2D eigenvalue weighted by atomic mass is 16.6. The molecule has 1 aliphatic rings. The number of hydrogen-bond donors (Lipinski definition) is 1. The largest absolute Gasteiger partial charge is 0.488 e. The molecule has 11 nitrogen and oxygen atoms in total. The van der Waals surface area contributed by atoms with E-state index in [1.807, 2.05) is 20.8 Å². The Labute approximate surface area is 182 Å². The summed E-state index contributed by atoms with van der Waals surface area (Å²) in [7, 11) is 1.20. The summed E-state index contributed by atoms with van der Waals surface area (Å²) >= 11 is 0. The number of amides is 3. The van der Waals surface area contributed by atoms with Crippen LogP contribution < -0.4 is 10.1 Å². The highest BCUT2D eigenvalue weighted by Crippen LogP contribution is 2.30. The first kappa shape index (κ1) is 22.5. The number of nitro benzene ring substituents is 1. The summed E-state index contributed by atoms with van der Waals surface area (Å²) in [4.78, 5) is 48.2. The Kier molecular flexibility index (Phi) is 6.01. The maximum Gasteiger partial charge on any atom is 0.373 e. The first-order valence-electron chi connectivity index (χ1n) is 9.47. The second-order valence-electron chi connectivity index (χ2n) is 7.83. The van der Waals surface area contributed by atoms with E-state index >= 15 is 0 Å². The summed E-state index contributed by atoms with van der Waals surface area (Å²) < 4.78 is 15.7. The van der Waals surface area contributed by atoms with Crippen molar-refractivity contribution in [3.8, 4) is 5.75 Å². The third-order valence-corrected chi connectivity index (χ3v) is 4.24. The Hall–Kier alpha value is -4.15. The highest BCUT2D eigenvalue weighted by molar-refractivity contribution is 6.14. The van der Waals surface area contributed by atoms with Gasteiger partial charge in [0, 0.05) is 17.7 Å². The molecule has 0 aliphatic carbocycles. The number of ether oxygens (including phenoxy) is 2. The van der Waals surface area contributed by atoms with Gasteiger partial charge in [-0.3, -0.25) is 19.8 Å². The molecule has 0 unspecified atom stereocenters. The molecule has 1 aromatic heterocycles. The number of benzene rings is 1. The van der Waals surface area contributed by atoms with Crippen LogP contribution in [0.5, 0.6) is 5.75 Å². The standard InChI is InChI=1S/C21H21N3O8/c1-21(2,3)32-16-7-5-13(24(28)29)9-12(16)10-15-18(25)23(20(27)22-15)11-14-6-8-17(31-14)19(26)30-4/h5-10H,11H2,1-4H3,(H,22,27). The van der Waals surface area contributed by atoms with Crippen molar-refractivity contribution in [1.29, 1.82) is 0 Å². The highest BCUT2D eigenvalue weighted by Gasteiger charge is 2.35. The SMILES string of the molecule is COC(=O)c1ccc(CN2C(=O)NC(=Cc3cc([N+](=O)[O-])ccc3OC(C)(C)C)C2=O)o1. The van der Waals surface area contributed by atoms with Crippen LogP contribution in [0.25, 0.3) is 6.08 Å². The minimum absolute atomic E-state index is 0.0640. The molecule has 3 rings (SSSR count). The molecule has 32 heavy (non-hydrogen) atoms. The molecule has 1 N–H and O–H groups in total. The normalized spacial score (nSPS) is 15.1. The first-order valence-corrected chi connectivity index (χ1v) is 9.47. The van der Waals surface area contributed by atoms with Crippen LogP contribution in [-0.2, 0) is 16.1 Å². The summed E-state index contributed by atoms with van der Waals surface area (Å²) in [6.45, 7) is 5.20. The average molecular weight is 443 g/mol. The zero-order valence-corrected chi connectivity index (χ0v) is 17.8. The van der Waals surface area contributed by atoms with Gasteiger partial charge in [0.15, 0.2) is 0 Å². The van der Waals surface area contributed by atoms with Crippen LogP contribution in [0.3, 0.4) is 0 Å². The predicted molar refractivity (Wildman–Crippen MR) is 111 cm³/mol. The molecular formula is C21H21N3O8. The molecule has 1 aliphatic heterocycles. The van der Waals surface area contributed by atoms with Gasteiger partial charge in [-0.1, -0.05) is 0 Å². The topological polar surface area (TPSA) is 141 Å². The summed E-state index contributed by atoms with van der Waals surface area (Å²) in [5, 5.41) is 13.6. The third-order valence-electron chi connectivity index (χ3n) is 4.24. The number of carbonyl (C=O) groups is 3. The number of methoxy groups -OCH3 is 1. The van der Waals surface area contributed by atoms with Gasteiger partial charge < -0.3 is 19.2 Å². The van der Waals surface area contributed by atoms with Crippen LogP contribution in [0.15, 0.2) is 40.4 Å². The zero-order valence-electron chi connectivity index (χ0n) is 17.8. The minimum Gasteiger partial charge on any atom is -0.488 e. The van der Waals surface area contributed by atoms with E-state index in [0.29, 0.717) is 5.75 Å². The number of hydrogen-bond acceptors (Lipinski definition) is 8. The second-order valence-corrected chi connectivity index (χ2v) is 7.83. The van der Waals surface area contributed by atoms with E-state index in [1.54, 1.807) is 0 Å². The van der Waals surface area contributed by atoms with Gasteiger partial charge in [0.1, 0.15) is 22.8 Å². The fraction of sp³-hybridized carbons (Fsp3) is 0.286. The Morgan fingerprint density at radius 1 is 1.25 bits per heavy atom. The van der Waals surface area contributed by atoms with Crippen molar-refractivity contribution in [2.45, 2.75) is 32.9 Å². The minimum atomic E-state index is -0.707. The van der Waals surface area contributed by atoms with Crippen LogP contribution in [0.1, 0.15) is 42.6 Å². The molecule has 168 valence electrons. The summed E-state index contributed by atoms with van der Waals surface area (Å²) in [6, 6.07) is 6.10. The molecular weight excluding hydrogens is 422 g/mol. The zero-order chi connectivity index (χ0) is 23.6. The van der Waals surface area contributed by atoms with Crippen molar-refractivity contribution in [2.24, 2.45) is 0 Å². The average Bonchev–Trinajstić information content (AvgIpc) is 3.28. The lowest BCUT2D eigenvalue weighted by Gasteiger charge is -2.22. The van der Waals surface area contributed by atoms with Crippen molar-refractivity contribution < 1.29 is 33.2 Å². The van der Waals surface area contributed by atoms with Crippen LogP contribution >= 0.6 is 0 Å². The molecule has 1 saturated heterocycles. The summed E-state index contributed by atoms with van der Waals surface area (Å²) in [5.74, 6) is -0.914. The number of urea groups is 1. The number of carbonyl (C=O) groups excluding carboxylic acids is 3. The number of furan rings is 1. The quantitative estimate of drug-likeness (QED) is 0.236. The maximum absolute atomic E-state index is 12.8. The van der Waals surface area contributed by atoms with Crippen LogP contribution in [-0.4, -0.2) is 40.4 Å². The molecule has 1 aromatic carbocycles. The lowest BCUT2D eigenvalue weighted by Crippen LogP contribution is -2.30. The van der Waals surface area contributed by atoms with E-state index in [9.17, 15) is 24.5 Å². The predicted octanol–water partition coefficient (Wildman–Crippen LogP) is 3.24. The number of nitro groups is 1. The number of nitrogens with one attached hydrogen (secondary N) is 1. The van der Waals surface area contributed by atoms with Gasteiger partial charge >= 0.3 is 12.0 Å². The fourth-order valence-corrected chi connectivity index (χ4v) is 2.88. The van der Waals surface area contributed by atoms with E-state index in [0.717, 1.165) is 4.90 Å². The molecule has 2 aromatic rings. The molecule has 0 saturated carbocycles. The number of nitrogens with zero attached hydrogens (tertiary/aromatic N) is 2. The lowest BCUT2D eigenvalue weighted by atomic mass is 10.1. The number of rotatable bonds is 6. The second kappa shape index (κ2) is 8.53. The van der Waals surface area contributed by atoms with Gasteiger partial charge in [-0.25, -0.2) is 9.59 Å². The van der Waals surface area contributed by atoms with Crippen LogP contribution in [0.2, 0.25) is 0 Å². The van der Waals surface area contributed by atoms with E-state index in [-0.39, 0.29) is 35.0 Å². The van der Waals surface area contributed by atoms with Gasteiger partial charge in [0.05, 0.1) is 18.6 Å². The third kappa shape index (κ3) is 4.94. The van der Waals surface area contributed by atoms with Crippen molar-refractivity contribution in [1.82, 2.24) is 10.2 Å². The van der Waals surface area contributed by atoms with E-state index < -0.39 is 28.4 Å². The molecule has 0 spiro atoms. The van der Waals surface area contributed by atoms with Crippen LogP contribution in [0.4, 0.5) is 10.5 Å². The molecule has 0 atom stereocenters. The molecule has 3 amide bonds. The number of imide groups is 1. The van der Waals surface area contributed by atoms with Crippen LogP contribution in [0, 0.1) is 10.1 Å². The summed E-state index contributed by atoms with van der Waals surface area (Å²) in [5.41, 5.74) is -0.632. The van der Waals surface area contributed by atoms with E-state index in [2.05, 4.69) is 10.1 Å². The summed E-state index contributed by atoms with van der Waals surface area (Å²) in [6.07, 6.45) is 1.32. The van der Waals surface area contributed by atoms with E-state index in [4.69, 9.17) is 9.15 Å². The van der Waals surface area contributed by atoms with Gasteiger partial charge in [0.25, 0.3) is 11.6 Å². The molecule has 2 heterocycles. The Balaban J connectivity index is 1.89. The fourth-order valence-electron chi connectivity index (χ4n) is 2.88. The Morgan fingerprint density at radius 2 is 1.97 bits per heavy atom. The molecule has 1 fully saturated rings. The smallest absolute Gasteiger partial charge is 0.373 e. The van der Waals surface area contributed by atoms with Gasteiger partial charge in [-0.05, 0) is 45.0 Å².